The molecule has 8 atom stereocenters. The molecule has 0 radical (unpaired) electrons. The van der Waals surface area contributed by atoms with Gasteiger partial charge in [0.1, 0.15) is 41.9 Å². The molecule has 0 aromatic heterocycles. The summed E-state index contributed by atoms with van der Waals surface area (Å²) in [5.74, 6) is 0.0148. The summed E-state index contributed by atoms with van der Waals surface area (Å²) < 4.78 is 21.4. The van der Waals surface area contributed by atoms with Crippen LogP contribution in [0.25, 0.3) is 0 Å². The fraction of sp³-hybridized carbons (Fsp3) is 0.647. The third kappa shape index (κ3) is 4.80. The molecular weight excluding hydrogens is 471 g/mol. The first kappa shape index (κ1) is 24.2. The third-order valence-electron chi connectivity index (χ3n) is 4.89. The second-order valence-corrected chi connectivity index (χ2v) is 8.27. The van der Waals surface area contributed by atoms with E-state index in [0.717, 1.165) is 0 Å². The van der Waals surface area contributed by atoms with Gasteiger partial charge in [-0.25, -0.2) is 0 Å². The molecule has 0 unspecified atom stereocenters. The molecule has 0 spiro atoms. The summed E-state index contributed by atoms with van der Waals surface area (Å²) in [6.45, 7) is -1.53. The smallest absolute Gasteiger partial charge is 0.229 e. The number of hydrogen-bond acceptors (Lipinski definition) is 10. The van der Waals surface area contributed by atoms with Crippen molar-refractivity contribution in [3.8, 4) is 5.75 Å². The van der Waals surface area contributed by atoms with Gasteiger partial charge in [-0.3, -0.25) is 0 Å². The molecule has 2 fully saturated rings. The lowest BCUT2D eigenvalue weighted by Crippen LogP contribution is -2.60. The van der Waals surface area contributed by atoms with Crippen LogP contribution in [0, 0.1) is 0 Å². The number of aliphatic hydroxyl groups excluding tert-OH is 5. The number of aliphatic hydroxyl groups is 6. The predicted molar refractivity (Wildman–Crippen MR) is 103 cm³/mol. The van der Waals surface area contributed by atoms with Gasteiger partial charge in [-0.1, -0.05) is 34.8 Å². The molecule has 10 nitrogen and oxygen atoms in total. The van der Waals surface area contributed by atoms with Crippen molar-refractivity contribution >= 4 is 34.8 Å². The Kier molecular flexibility index (Phi) is 7.71. The number of rotatable bonds is 6. The van der Waals surface area contributed by atoms with E-state index in [1.165, 1.54) is 12.1 Å². The number of benzene rings is 1. The van der Waals surface area contributed by atoms with Gasteiger partial charge >= 0.3 is 0 Å². The average Bonchev–Trinajstić information content (AvgIpc) is 3.00. The van der Waals surface area contributed by atoms with Gasteiger partial charge in [-0.15, -0.1) is 0 Å². The fourth-order valence-electron chi connectivity index (χ4n) is 3.00. The molecule has 30 heavy (non-hydrogen) atoms. The van der Waals surface area contributed by atoms with Gasteiger partial charge in [0.2, 0.25) is 6.29 Å². The maximum absolute atomic E-state index is 10.2. The summed E-state index contributed by atoms with van der Waals surface area (Å²) in [6.07, 6.45) is -10.4. The summed E-state index contributed by atoms with van der Waals surface area (Å²) in [6, 6.07) is 2.62. The molecule has 1 aromatic carbocycles. The minimum atomic E-state index is -1.89. The second kappa shape index (κ2) is 9.57. The van der Waals surface area contributed by atoms with Crippen LogP contribution in [0.5, 0.6) is 5.75 Å². The Morgan fingerprint density at radius 2 is 1.63 bits per heavy atom. The first-order valence-electron chi connectivity index (χ1n) is 8.82. The van der Waals surface area contributed by atoms with Crippen molar-refractivity contribution in [1.82, 2.24) is 0 Å². The molecular formula is C17H21Cl3O10. The Hall–Kier alpha value is -0.470. The zero-order chi connectivity index (χ0) is 22.2. The van der Waals surface area contributed by atoms with E-state index in [4.69, 9.17) is 58.9 Å². The zero-order valence-electron chi connectivity index (χ0n) is 15.3. The fourth-order valence-corrected chi connectivity index (χ4v) is 3.58. The van der Waals surface area contributed by atoms with E-state index in [9.17, 15) is 25.5 Å². The second-order valence-electron chi connectivity index (χ2n) is 7.05. The van der Waals surface area contributed by atoms with Gasteiger partial charge in [0.25, 0.3) is 0 Å². The molecule has 0 bridgehead atoms. The van der Waals surface area contributed by atoms with Crippen LogP contribution in [0.15, 0.2) is 12.1 Å². The van der Waals surface area contributed by atoms with Gasteiger partial charge < -0.3 is 49.6 Å². The van der Waals surface area contributed by atoms with Crippen molar-refractivity contribution in [3.63, 3.8) is 0 Å². The Balaban J connectivity index is 1.67. The van der Waals surface area contributed by atoms with Crippen molar-refractivity contribution in [2.24, 2.45) is 0 Å². The van der Waals surface area contributed by atoms with Crippen molar-refractivity contribution in [3.05, 3.63) is 27.2 Å². The third-order valence-corrected chi connectivity index (χ3v) is 5.91. The lowest BCUT2D eigenvalue weighted by molar-refractivity contribution is -0.289. The summed E-state index contributed by atoms with van der Waals surface area (Å²) >= 11 is 17.8. The van der Waals surface area contributed by atoms with Crippen LogP contribution < -0.4 is 4.74 Å². The molecule has 0 amide bonds. The van der Waals surface area contributed by atoms with E-state index in [2.05, 4.69) is 0 Å². The molecule has 0 aliphatic carbocycles. The van der Waals surface area contributed by atoms with Crippen molar-refractivity contribution in [2.75, 3.05) is 19.8 Å². The van der Waals surface area contributed by atoms with Gasteiger partial charge in [-0.2, -0.15) is 0 Å². The van der Waals surface area contributed by atoms with Crippen molar-refractivity contribution in [2.45, 2.75) is 48.7 Å². The Bertz CT molecular complexity index is 755. The summed E-state index contributed by atoms with van der Waals surface area (Å²) in [4.78, 5) is 0. The first-order chi connectivity index (χ1) is 14.1. The van der Waals surface area contributed by atoms with E-state index in [1.54, 1.807) is 0 Å². The number of hydrogen-bond donors (Lipinski definition) is 6. The van der Waals surface area contributed by atoms with Gasteiger partial charge in [0, 0.05) is 6.07 Å². The molecule has 2 aliphatic rings. The van der Waals surface area contributed by atoms with E-state index >= 15 is 0 Å². The minimum Gasteiger partial charge on any atom is -0.460 e. The Morgan fingerprint density at radius 1 is 0.967 bits per heavy atom. The molecule has 2 saturated heterocycles. The SMILES string of the molecule is OC[C@@]1(O)CO[C@@H](OC[C@H]2O[C@@H](Oc3cc(Cl)c(Cl)cc3Cl)[C@H](O)[C@@H](O)[C@@H]2O)[C@@H]1O. The Morgan fingerprint density at radius 3 is 2.27 bits per heavy atom. The lowest BCUT2D eigenvalue weighted by Gasteiger charge is -2.40. The van der Waals surface area contributed by atoms with Crippen LogP contribution in [0.1, 0.15) is 0 Å². The van der Waals surface area contributed by atoms with E-state index in [0.29, 0.717) is 0 Å². The van der Waals surface area contributed by atoms with Crippen LogP contribution in [-0.4, -0.2) is 99.2 Å². The summed E-state index contributed by atoms with van der Waals surface area (Å²) in [7, 11) is 0. The molecule has 0 saturated carbocycles. The highest BCUT2D eigenvalue weighted by Gasteiger charge is 2.50. The highest BCUT2D eigenvalue weighted by atomic mass is 35.5. The topological polar surface area (TPSA) is 158 Å². The van der Waals surface area contributed by atoms with Crippen molar-refractivity contribution in [1.29, 1.82) is 0 Å². The molecule has 6 N–H and O–H groups in total. The van der Waals surface area contributed by atoms with Crippen LogP contribution in [0.2, 0.25) is 15.1 Å². The minimum absolute atomic E-state index is 0.0148. The summed E-state index contributed by atoms with van der Waals surface area (Å²) in [5, 5.41) is 60.0. The normalized spacial score (nSPS) is 39.3. The predicted octanol–water partition coefficient (Wildman–Crippen LogP) is -0.710. The standard InChI is InChI=1S/C17H21Cl3O10/c18-6-1-8(20)9(2-7(6)19)29-15-13(24)12(23)11(22)10(30-15)3-27-16-14(25)17(26,4-21)5-28-16/h1-2,10-16,21-26H,3-5H2/t10-,11-,12+,13-,14+,15-,16-,17-/m1/s1. The number of halogens is 3. The van der Waals surface area contributed by atoms with Crippen LogP contribution >= 0.6 is 34.8 Å². The van der Waals surface area contributed by atoms with E-state index in [1.807, 2.05) is 0 Å². The molecule has 170 valence electrons. The van der Waals surface area contributed by atoms with Crippen LogP contribution in [0.4, 0.5) is 0 Å². The first-order valence-corrected chi connectivity index (χ1v) is 9.96. The summed E-state index contributed by atoms with van der Waals surface area (Å²) in [5.41, 5.74) is -1.89. The van der Waals surface area contributed by atoms with E-state index < -0.39 is 61.9 Å². The molecule has 1 aromatic rings. The quantitative estimate of drug-likeness (QED) is 0.281. The van der Waals surface area contributed by atoms with Gasteiger partial charge in [-0.05, 0) is 6.07 Å². The van der Waals surface area contributed by atoms with Gasteiger partial charge in [0.15, 0.2) is 6.29 Å². The number of ether oxygens (including phenoxy) is 4. The molecule has 2 aliphatic heterocycles. The molecule has 2 heterocycles. The molecule has 3 rings (SSSR count). The zero-order valence-corrected chi connectivity index (χ0v) is 17.5. The average molecular weight is 492 g/mol. The van der Waals surface area contributed by atoms with Gasteiger partial charge in [0.05, 0.1) is 34.9 Å². The largest absolute Gasteiger partial charge is 0.460 e. The monoisotopic (exact) mass is 490 g/mol. The van der Waals surface area contributed by atoms with Crippen LogP contribution in [0.3, 0.4) is 0 Å². The lowest BCUT2D eigenvalue weighted by atomic mass is 9.99. The molecule has 13 heteroatoms. The van der Waals surface area contributed by atoms with E-state index in [-0.39, 0.29) is 27.4 Å². The maximum atomic E-state index is 10.2. The Labute approximate surface area is 186 Å². The maximum Gasteiger partial charge on any atom is 0.229 e. The van der Waals surface area contributed by atoms with Crippen molar-refractivity contribution < 1.29 is 49.6 Å². The van der Waals surface area contributed by atoms with Crippen LogP contribution in [-0.2, 0) is 14.2 Å². The highest BCUT2D eigenvalue weighted by molar-refractivity contribution is 6.43. The highest BCUT2D eigenvalue weighted by Crippen LogP contribution is 2.36.